The third kappa shape index (κ3) is 13.7. The Labute approximate surface area is 170 Å². The fourth-order valence-electron chi connectivity index (χ4n) is 1.58. The molecule has 1 aliphatic rings. The van der Waals surface area contributed by atoms with Crippen molar-refractivity contribution in [1.29, 1.82) is 0 Å². The van der Waals surface area contributed by atoms with Gasteiger partial charge in [0.05, 0.1) is 11.4 Å². The van der Waals surface area contributed by atoms with Gasteiger partial charge in [0.2, 0.25) is 11.9 Å². The highest BCUT2D eigenvalue weighted by Gasteiger charge is 1.95. The van der Waals surface area contributed by atoms with E-state index in [9.17, 15) is 0 Å². The Balaban J connectivity index is 0.000000252. The molecule has 0 atom stereocenters. The van der Waals surface area contributed by atoms with Crippen LogP contribution in [0.5, 0.6) is 0 Å². The molecule has 3 rings (SSSR count). The lowest BCUT2D eigenvalue weighted by atomic mass is 10.3. The molecule has 1 saturated carbocycles. The van der Waals surface area contributed by atoms with E-state index in [1.807, 2.05) is 36.4 Å². The van der Waals surface area contributed by atoms with Gasteiger partial charge in [0.15, 0.2) is 11.9 Å². The zero-order valence-electron chi connectivity index (χ0n) is 16.1. The average molecular weight is 397 g/mol. The summed E-state index contributed by atoms with van der Waals surface area (Å²) in [5.41, 5.74) is 32.7. The number of nitrogens with zero attached hydrogens (tertiary/aromatic N) is 4. The van der Waals surface area contributed by atoms with Crippen LogP contribution in [0.15, 0.2) is 80.6 Å². The maximum Gasteiger partial charge on any atom is 0.223 e. The van der Waals surface area contributed by atoms with Gasteiger partial charge in [-0.15, -0.1) is 0 Å². The summed E-state index contributed by atoms with van der Waals surface area (Å²) in [6.07, 6.45) is 4.50. The molecule has 154 valence electrons. The predicted molar refractivity (Wildman–Crippen MR) is 121 cm³/mol. The number of rotatable bonds is 2. The molecule has 0 aliphatic heterocycles. The number of aliphatic imine (C=N–C) groups is 4. The molecule has 0 radical (unpaired) electrons. The van der Waals surface area contributed by atoms with E-state index in [1.54, 1.807) is 24.3 Å². The van der Waals surface area contributed by atoms with Gasteiger partial charge in [-0.25, -0.2) is 9.98 Å². The molecule has 29 heavy (non-hydrogen) atoms. The number of guanidine groups is 4. The fraction of sp³-hybridized carbons (Fsp3) is 0.158. The largest absolute Gasteiger partial charge is 0.370 e. The van der Waals surface area contributed by atoms with E-state index >= 15 is 0 Å². The van der Waals surface area contributed by atoms with Crippen molar-refractivity contribution in [2.24, 2.45) is 54.4 Å². The summed E-state index contributed by atoms with van der Waals surface area (Å²) in [6.45, 7) is 0. The van der Waals surface area contributed by atoms with Crippen molar-refractivity contribution in [2.75, 3.05) is 0 Å². The van der Waals surface area contributed by atoms with Crippen LogP contribution in [0.3, 0.4) is 0 Å². The van der Waals surface area contributed by atoms with Crippen LogP contribution in [0, 0.1) is 0 Å². The quantitative estimate of drug-likeness (QED) is 0.322. The van der Waals surface area contributed by atoms with Crippen molar-refractivity contribution in [3.8, 4) is 0 Å². The van der Waals surface area contributed by atoms with Gasteiger partial charge in [-0.3, -0.25) is 0 Å². The smallest absolute Gasteiger partial charge is 0.223 e. The van der Waals surface area contributed by atoms with Crippen molar-refractivity contribution < 1.29 is 0 Å². The molecule has 1 aliphatic carbocycles. The summed E-state index contributed by atoms with van der Waals surface area (Å²) >= 11 is 0. The summed E-state index contributed by atoms with van der Waals surface area (Å²) in [5, 5.41) is 0. The molecule has 12 N–H and O–H groups in total. The van der Waals surface area contributed by atoms with Gasteiger partial charge >= 0.3 is 0 Å². The first kappa shape index (κ1) is 23.0. The van der Waals surface area contributed by atoms with E-state index in [-0.39, 0.29) is 23.8 Å². The van der Waals surface area contributed by atoms with Gasteiger partial charge in [0.1, 0.15) is 0 Å². The molecule has 0 aromatic heterocycles. The third-order valence-electron chi connectivity index (χ3n) is 2.84. The van der Waals surface area contributed by atoms with Crippen molar-refractivity contribution in [2.45, 2.75) is 19.3 Å². The second kappa shape index (κ2) is 13.1. The van der Waals surface area contributed by atoms with Crippen LogP contribution in [-0.4, -0.2) is 23.8 Å². The Hall–Kier alpha value is -4.08. The Bertz CT molecular complexity index is 760. The second-order valence-corrected chi connectivity index (χ2v) is 5.75. The van der Waals surface area contributed by atoms with Crippen molar-refractivity contribution in [1.82, 2.24) is 0 Å². The van der Waals surface area contributed by atoms with E-state index in [2.05, 4.69) is 20.0 Å². The minimum Gasteiger partial charge on any atom is -0.370 e. The minimum absolute atomic E-state index is 0.0474. The first-order chi connectivity index (χ1) is 13.9. The number of benzene rings is 2. The summed E-state index contributed by atoms with van der Waals surface area (Å²) in [7, 11) is 0. The standard InChI is InChI=1S/2C8H11N5.C3H6/c2*9-7(10)13-8(11)12-6-4-2-1-3-5-6;1-2-3-1/h2*1-5H,(H6,9,10,11,12,13);1-3H2. The molecular formula is C19H28N10. The molecule has 2 aromatic rings. The van der Waals surface area contributed by atoms with E-state index in [0.717, 1.165) is 0 Å². The predicted octanol–water partition coefficient (Wildman–Crippen LogP) is 0.983. The topological polar surface area (TPSA) is 206 Å². The molecule has 10 nitrogen and oxygen atoms in total. The minimum atomic E-state index is -0.0998. The monoisotopic (exact) mass is 396 g/mol. The Morgan fingerprint density at radius 1 is 0.517 bits per heavy atom. The first-order valence-corrected chi connectivity index (χ1v) is 8.84. The van der Waals surface area contributed by atoms with Gasteiger partial charge in [-0.1, -0.05) is 55.7 Å². The van der Waals surface area contributed by atoms with E-state index in [4.69, 9.17) is 34.4 Å². The summed E-state index contributed by atoms with van der Waals surface area (Å²) in [4.78, 5) is 15.0. The lowest BCUT2D eigenvalue weighted by molar-refractivity contribution is 1.38. The maximum absolute atomic E-state index is 5.41. The van der Waals surface area contributed by atoms with E-state index < -0.39 is 0 Å². The van der Waals surface area contributed by atoms with Crippen LogP contribution in [0.25, 0.3) is 0 Å². The summed E-state index contributed by atoms with van der Waals surface area (Å²) in [5.74, 6) is -0.105. The van der Waals surface area contributed by atoms with Gasteiger partial charge < -0.3 is 34.4 Å². The average Bonchev–Trinajstić information content (AvgIpc) is 3.51. The summed E-state index contributed by atoms with van der Waals surface area (Å²) < 4.78 is 0. The van der Waals surface area contributed by atoms with E-state index in [0.29, 0.717) is 11.4 Å². The Morgan fingerprint density at radius 3 is 1.07 bits per heavy atom. The highest BCUT2D eigenvalue weighted by atomic mass is 15.1. The molecule has 2 aromatic carbocycles. The molecule has 0 bridgehead atoms. The van der Waals surface area contributed by atoms with Crippen molar-refractivity contribution >= 4 is 35.2 Å². The fourth-order valence-corrected chi connectivity index (χ4v) is 1.58. The van der Waals surface area contributed by atoms with Crippen molar-refractivity contribution in [3.05, 3.63) is 60.7 Å². The maximum atomic E-state index is 5.41. The third-order valence-corrected chi connectivity index (χ3v) is 2.84. The molecular weight excluding hydrogens is 368 g/mol. The van der Waals surface area contributed by atoms with E-state index in [1.165, 1.54) is 19.3 Å². The lowest BCUT2D eigenvalue weighted by Gasteiger charge is -1.94. The van der Waals surface area contributed by atoms with Crippen LogP contribution < -0.4 is 34.4 Å². The second-order valence-electron chi connectivity index (χ2n) is 5.75. The number of para-hydroxylation sites is 2. The van der Waals surface area contributed by atoms with Gasteiger partial charge in [0.25, 0.3) is 0 Å². The van der Waals surface area contributed by atoms with Crippen LogP contribution in [0.4, 0.5) is 11.4 Å². The number of hydrogen-bond donors (Lipinski definition) is 6. The SMILES string of the molecule is C1CC1.NC(N)=NC(N)=Nc1ccccc1.NC(N)=NC(N)=Nc1ccccc1. The molecule has 0 unspecified atom stereocenters. The number of nitrogens with two attached hydrogens (primary N) is 6. The lowest BCUT2D eigenvalue weighted by Crippen LogP contribution is -2.26. The van der Waals surface area contributed by atoms with Gasteiger partial charge in [-0.05, 0) is 24.3 Å². The summed E-state index contributed by atoms with van der Waals surface area (Å²) in [6, 6.07) is 18.4. The zero-order chi connectivity index (χ0) is 21.5. The molecule has 0 heterocycles. The zero-order valence-corrected chi connectivity index (χ0v) is 16.1. The van der Waals surface area contributed by atoms with Crippen LogP contribution in [-0.2, 0) is 0 Å². The number of hydrogen-bond acceptors (Lipinski definition) is 2. The van der Waals surface area contributed by atoms with Crippen LogP contribution >= 0.6 is 0 Å². The van der Waals surface area contributed by atoms with Crippen LogP contribution in [0.2, 0.25) is 0 Å². The first-order valence-electron chi connectivity index (χ1n) is 8.84. The van der Waals surface area contributed by atoms with Crippen molar-refractivity contribution in [3.63, 3.8) is 0 Å². The molecule has 0 spiro atoms. The van der Waals surface area contributed by atoms with Gasteiger partial charge in [-0.2, -0.15) is 9.98 Å². The highest BCUT2D eigenvalue weighted by molar-refractivity contribution is 5.94. The highest BCUT2D eigenvalue weighted by Crippen LogP contribution is 2.15. The van der Waals surface area contributed by atoms with Crippen LogP contribution in [0.1, 0.15) is 19.3 Å². The normalized spacial score (nSPS) is 12.3. The molecule has 0 saturated heterocycles. The Morgan fingerprint density at radius 2 is 0.828 bits per heavy atom. The van der Waals surface area contributed by atoms with Gasteiger partial charge in [0, 0.05) is 0 Å². The molecule has 10 heteroatoms. The molecule has 1 fully saturated rings. The molecule has 0 amide bonds. The Kier molecular flexibility index (Phi) is 10.4.